The second-order valence-corrected chi connectivity index (χ2v) is 7.39. The normalized spacial score (nSPS) is 12.3. The zero-order valence-electron chi connectivity index (χ0n) is 15.4. The van der Waals surface area contributed by atoms with Crippen LogP contribution in [0.2, 0.25) is 0 Å². The summed E-state index contributed by atoms with van der Waals surface area (Å²) < 4.78 is 11.7. The highest BCUT2D eigenvalue weighted by Crippen LogP contribution is 2.36. The number of hydrogen-bond acceptors (Lipinski definition) is 7. The van der Waals surface area contributed by atoms with Crippen LogP contribution in [-0.4, -0.2) is 27.5 Å². The van der Waals surface area contributed by atoms with Crippen LogP contribution in [0.3, 0.4) is 0 Å². The molecule has 0 fully saturated rings. The largest absolute Gasteiger partial charge is 0.454 e. The lowest BCUT2D eigenvalue weighted by atomic mass is 10.1. The predicted octanol–water partition coefficient (Wildman–Crippen LogP) is 2.18. The number of carbonyl (C=O) groups excluding carboxylic acids is 1. The molecule has 0 radical (unpaired) electrons. The van der Waals surface area contributed by atoms with Crippen LogP contribution in [0.4, 0.5) is 5.13 Å². The Labute approximate surface area is 172 Å². The number of aromatic amines is 1. The standard InChI is InChI=1S/C20H14N4O5S/c25-17(8-24-19(27)13-4-2-1-3-12(13)18(26)23-24)22-20-21-14(9-30-20)11-5-6-15-16(7-11)29-10-28-15/h1-7,9H,8,10H2,(H,23,26)(H,21,22,25). The molecule has 2 N–H and O–H groups in total. The van der Waals surface area contributed by atoms with Gasteiger partial charge in [-0.05, 0) is 30.3 Å². The molecule has 4 aromatic rings. The summed E-state index contributed by atoms with van der Waals surface area (Å²) in [4.78, 5) is 41.5. The molecule has 150 valence electrons. The number of aromatic nitrogens is 3. The van der Waals surface area contributed by atoms with E-state index in [4.69, 9.17) is 9.47 Å². The quantitative estimate of drug-likeness (QED) is 0.521. The Kier molecular flexibility index (Phi) is 4.32. The minimum atomic E-state index is -0.477. The summed E-state index contributed by atoms with van der Waals surface area (Å²) >= 11 is 1.25. The van der Waals surface area contributed by atoms with Crippen LogP contribution in [0.25, 0.3) is 22.0 Å². The first-order valence-electron chi connectivity index (χ1n) is 8.96. The summed E-state index contributed by atoms with van der Waals surface area (Å²) in [6.07, 6.45) is 0. The molecule has 1 amide bonds. The summed E-state index contributed by atoms with van der Waals surface area (Å²) in [6.45, 7) is -0.148. The van der Waals surface area contributed by atoms with Gasteiger partial charge in [0, 0.05) is 10.9 Å². The van der Waals surface area contributed by atoms with Crippen LogP contribution < -0.4 is 25.9 Å². The van der Waals surface area contributed by atoms with Crippen molar-refractivity contribution in [3.8, 4) is 22.8 Å². The molecule has 3 heterocycles. The number of ether oxygens (including phenoxy) is 2. The van der Waals surface area contributed by atoms with Gasteiger partial charge >= 0.3 is 0 Å². The van der Waals surface area contributed by atoms with E-state index in [0.717, 1.165) is 10.2 Å². The van der Waals surface area contributed by atoms with Crippen LogP contribution in [-0.2, 0) is 11.3 Å². The van der Waals surface area contributed by atoms with Crippen LogP contribution in [0.1, 0.15) is 0 Å². The van der Waals surface area contributed by atoms with Gasteiger partial charge in [0.2, 0.25) is 12.7 Å². The number of thiazole rings is 1. The third kappa shape index (κ3) is 3.22. The Morgan fingerprint density at radius 1 is 1.13 bits per heavy atom. The van der Waals surface area contributed by atoms with Crippen molar-refractivity contribution in [2.24, 2.45) is 0 Å². The zero-order chi connectivity index (χ0) is 20.7. The van der Waals surface area contributed by atoms with Gasteiger partial charge in [0.15, 0.2) is 16.6 Å². The Balaban J connectivity index is 1.35. The highest BCUT2D eigenvalue weighted by molar-refractivity contribution is 7.14. The van der Waals surface area contributed by atoms with E-state index in [9.17, 15) is 14.4 Å². The highest BCUT2D eigenvalue weighted by Gasteiger charge is 2.16. The lowest BCUT2D eigenvalue weighted by Crippen LogP contribution is -2.34. The number of hydrogen-bond donors (Lipinski definition) is 2. The number of rotatable bonds is 4. The number of nitrogens with zero attached hydrogens (tertiary/aromatic N) is 2. The first-order chi connectivity index (χ1) is 14.6. The van der Waals surface area contributed by atoms with E-state index in [1.165, 1.54) is 11.3 Å². The van der Waals surface area contributed by atoms with E-state index in [-0.39, 0.29) is 24.1 Å². The Bertz CT molecular complexity index is 1400. The summed E-state index contributed by atoms with van der Waals surface area (Å²) in [5, 5.41) is 7.82. The topological polar surface area (TPSA) is 115 Å². The number of nitrogens with one attached hydrogen (secondary N) is 2. The molecule has 1 aliphatic heterocycles. The van der Waals surface area contributed by atoms with Gasteiger partial charge < -0.3 is 14.8 Å². The first-order valence-corrected chi connectivity index (χ1v) is 9.84. The molecule has 2 aromatic carbocycles. The lowest BCUT2D eigenvalue weighted by Gasteiger charge is -2.06. The molecular weight excluding hydrogens is 408 g/mol. The van der Waals surface area contributed by atoms with Gasteiger partial charge in [-0.3, -0.25) is 19.5 Å². The third-order valence-electron chi connectivity index (χ3n) is 4.60. The van der Waals surface area contributed by atoms with Crippen molar-refractivity contribution in [2.75, 3.05) is 12.1 Å². The Hall–Kier alpha value is -3.92. The van der Waals surface area contributed by atoms with E-state index in [2.05, 4.69) is 15.4 Å². The van der Waals surface area contributed by atoms with E-state index in [1.807, 2.05) is 12.1 Å². The molecular formula is C20H14N4O5S. The summed E-state index contributed by atoms with van der Waals surface area (Å²) in [6, 6.07) is 11.9. The number of amides is 1. The number of fused-ring (bicyclic) bond motifs is 2. The van der Waals surface area contributed by atoms with Crippen LogP contribution in [0.5, 0.6) is 11.5 Å². The van der Waals surface area contributed by atoms with Gasteiger partial charge in [0.25, 0.3) is 11.1 Å². The van der Waals surface area contributed by atoms with Crippen LogP contribution in [0.15, 0.2) is 57.4 Å². The lowest BCUT2D eigenvalue weighted by molar-refractivity contribution is -0.117. The van der Waals surface area contributed by atoms with Crippen molar-refractivity contribution in [3.05, 3.63) is 68.6 Å². The Morgan fingerprint density at radius 2 is 1.93 bits per heavy atom. The van der Waals surface area contributed by atoms with Gasteiger partial charge in [0.1, 0.15) is 6.54 Å². The zero-order valence-corrected chi connectivity index (χ0v) is 16.2. The monoisotopic (exact) mass is 422 g/mol. The second kappa shape index (κ2) is 7.16. The Morgan fingerprint density at radius 3 is 2.80 bits per heavy atom. The van der Waals surface area contributed by atoms with Crippen molar-refractivity contribution in [1.82, 2.24) is 14.8 Å². The van der Waals surface area contributed by atoms with Crippen LogP contribution >= 0.6 is 11.3 Å². The van der Waals surface area contributed by atoms with E-state index in [1.54, 1.807) is 35.7 Å². The van der Waals surface area contributed by atoms with Gasteiger partial charge in [-0.15, -0.1) is 11.3 Å². The molecule has 1 aliphatic rings. The predicted molar refractivity (Wildman–Crippen MR) is 111 cm³/mol. The van der Waals surface area contributed by atoms with Gasteiger partial charge in [-0.2, -0.15) is 0 Å². The molecule has 9 nitrogen and oxygen atoms in total. The molecule has 0 aliphatic carbocycles. The maximum atomic E-state index is 12.5. The number of H-pyrrole nitrogens is 1. The molecule has 30 heavy (non-hydrogen) atoms. The molecule has 0 saturated carbocycles. The fourth-order valence-corrected chi connectivity index (χ4v) is 3.92. The van der Waals surface area contributed by atoms with E-state index >= 15 is 0 Å². The molecule has 10 heteroatoms. The molecule has 0 unspecified atom stereocenters. The first kappa shape index (κ1) is 18.1. The summed E-state index contributed by atoms with van der Waals surface area (Å²) in [7, 11) is 0. The molecule has 0 saturated heterocycles. The van der Waals surface area contributed by atoms with Crippen molar-refractivity contribution < 1.29 is 14.3 Å². The molecule has 0 bridgehead atoms. The molecule has 0 atom stereocenters. The fraction of sp³-hybridized carbons (Fsp3) is 0.100. The van der Waals surface area contributed by atoms with Crippen molar-refractivity contribution in [1.29, 1.82) is 0 Å². The minimum Gasteiger partial charge on any atom is -0.454 e. The van der Waals surface area contributed by atoms with Crippen molar-refractivity contribution in [3.63, 3.8) is 0 Å². The number of anilines is 1. The van der Waals surface area contributed by atoms with Gasteiger partial charge in [-0.1, -0.05) is 12.1 Å². The SMILES string of the molecule is O=C(Cn1[nH]c(=O)c2ccccc2c1=O)Nc1nc(-c2ccc3c(c2)OCO3)cs1. The van der Waals surface area contributed by atoms with Crippen LogP contribution in [0, 0.1) is 0 Å². The fourth-order valence-electron chi connectivity index (χ4n) is 3.18. The minimum absolute atomic E-state index is 0.188. The van der Waals surface area contributed by atoms with Gasteiger partial charge in [0.05, 0.1) is 16.5 Å². The highest BCUT2D eigenvalue weighted by atomic mass is 32.1. The van der Waals surface area contributed by atoms with E-state index in [0.29, 0.717) is 22.3 Å². The van der Waals surface area contributed by atoms with E-state index < -0.39 is 17.0 Å². The van der Waals surface area contributed by atoms with Crippen molar-refractivity contribution in [2.45, 2.75) is 6.54 Å². The average Bonchev–Trinajstić information content (AvgIpc) is 3.40. The maximum Gasteiger partial charge on any atom is 0.273 e. The van der Waals surface area contributed by atoms with Gasteiger partial charge in [-0.25, -0.2) is 9.67 Å². The molecule has 0 spiro atoms. The second-order valence-electron chi connectivity index (χ2n) is 6.53. The third-order valence-corrected chi connectivity index (χ3v) is 5.36. The van der Waals surface area contributed by atoms with Crippen molar-refractivity contribution >= 4 is 33.1 Å². The average molecular weight is 422 g/mol. The smallest absolute Gasteiger partial charge is 0.273 e. The number of benzene rings is 2. The summed E-state index contributed by atoms with van der Waals surface area (Å²) in [5.74, 6) is 0.845. The summed E-state index contributed by atoms with van der Waals surface area (Å²) in [5.41, 5.74) is 0.619. The molecule has 5 rings (SSSR count). The molecule has 2 aromatic heterocycles. The maximum absolute atomic E-state index is 12.5. The number of carbonyl (C=O) groups is 1.